The van der Waals surface area contributed by atoms with Crippen molar-refractivity contribution in [3.8, 4) is 11.6 Å². The maximum atomic E-state index is 16.3. The summed E-state index contributed by atoms with van der Waals surface area (Å²) in [6, 6.07) is 6.46. The largest absolute Gasteiger partial charge is 0.476 e. The summed E-state index contributed by atoms with van der Waals surface area (Å²) in [5.41, 5.74) is 5.53. The molecule has 232 valence electrons. The smallest absolute Gasteiger partial charge is 0.459 e. The van der Waals surface area contributed by atoms with E-state index in [0.29, 0.717) is 0 Å². The molecule has 3 unspecified atom stereocenters. The minimum absolute atomic E-state index is 0.00693. The van der Waals surface area contributed by atoms with Gasteiger partial charge >= 0.3 is 13.7 Å². The lowest BCUT2D eigenvalue weighted by molar-refractivity contribution is -0.253. The van der Waals surface area contributed by atoms with E-state index in [2.05, 4.69) is 20.0 Å². The number of aliphatic hydroxyl groups excluding tert-OH is 1. The zero-order valence-electron chi connectivity index (χ0n) is 24.0. The second kappa shape index (κ2) is 13.3. The van der Waals surface area contributed by atoms with Crippen molar-refractivity contribution in [2.24, 2.45) is 0 Å². The zero-order chi connectivity index (χ0) is 31.3. The highest BCUT2D eigenvalue weighted by Gasteiger charge is 2.54. The number of esters is 1. The van der Waals surface area contributed by atoms with Crippen molar-refractivity contribution in [3.05, 3.63) is 36.7 Å². The Morgan fingerprint density at radius 3 is 2.48 bits per heavy atom. The predicted octanol–water partition coefficient (Wildman–Crippen LogP) is 3.26. The highest BCUT2D eigenvalue weighted by molar-refractivity contribution is 7.52. The molecule has 14 nitrogen and oxygen atoms in total. The molecule has 0 aliphatic rings. The number of methoxy groups -OCH3 is 1. The van der Waals surface area contributed by atoms with Gasteiger partial charge in [-0.1, -0.05) is 18.2 Å². The van der Waals surface area contributed by atoms with E-state index in [9.17, 15) is 14.5 Å². The number of nitrogen functional groups attached to an aromatic ring is 1. The number of hydrogen-bond donors (Lipinski definition) is 3. The third-order valence-electron chi connectivity index (χ3n) is 5.84. The number of aliphatic hydroxyl groups is 1. The molecule has 5 atom stereocenters. The van der Waals surface area contributed by atoms with Gasteiger partial charge in [-0.2, -0.15) is 15.1 Å². The van der Waals surface area contributed by atoms with Crippen LogP contribution in [-0.4, -0.2) is 75.0 Å². The fourth-order valence-electron chi connectivity index (χ4n) is 3.73. The number of nitrogens with two attached hydrogens (primary N) is 1. The van der Waals surface area contributed by atoms with Crippen LogP contribution in [0.2, 0.25) is 0 Å². The van der Waals surface area contributed by atoms with Crippen LogP contribution in [0.5, 0.6) is 11.6 Å². The fourth-order valence-corrected chi connectivity index (χ4v) is 5.23. The average Bonchev–Trinajstić information content (AvgIpc) is 3.36. The average molecular weight is 617 g/mol. The lowest BCUT2D eigenvalue weighted by Gasteiger charge is -2.37. The minimum Gasteiger partial charge on any atom is -0.476 e. The van der Waals surface area contributed by atoms with Gasteiger partial charge in [0, 0.05) is 7.11 Å². The molecule has 0 bridgehead atoms. The number of alkyl halides is 2. The fraction of sp³-hybridized carbons (Fsp3) is 0.520. The molecule has 3 aromatic rings. The standard InChI is InChI=1S/C25H35F2N6O8P/c1-7-38-20-18-19(30-23(28)31-20)33(14-29-18)24(5,26)22(35)25(27,37-6)13-39-42(36,41-17-11-9-8-10-12-17)32-16(4)21(34)40-15(2)3/h8-12,14-16,22,35H,7,13H2,1-6H3,(H,32,36)(H2,28,30,31)/t16?,22-,24?,25+,42?/m0/s1. The Kier molecular flexibility index (Phi) is 10.4. The summed E-state index contributed by atoms with van der Waals surface area (Å²) in [7, 11) is -3.75. The summed E-state index contributed by atoms with van der Waals surface area (Å²) in [6.45, 7) is 5.96. The number of aromatic nitrogens is 4. The number of nitrogens with one attached hydrogen (secondary N) is 1. The first-order chi connectivity index (χ1) is 19.7. The molecule has 0 radical (unpaired) electrons. The summed E-state index contributed by atoms with van der Waals surface area (Å²) in [4.78, 5) is 24.3. The second-order valence-corrected chi connectivity index (χ2v) is 11.2. The summed E-state index contributed by atoms with van der Waals surface area (Å²) >= 11 is 0. The number of ether oxygens (including phenoxy) is 3. The number of imidazole rings is 1. The van der Waals surface area contributed by atoms with Crippen LogP contribution in [0.15, 0.2) is 36.7 Å². The SMILES string of the molecule is CCOc1nc(N)nc2c1ncn2C(C)(F)[C@H](O)[C@@](F)(COP(=O)(NC(C)C(=O)OC(C)C)Oc1ccccc1)OC. The molecule has 2 heterocycles. The molecule has 0 aliphatic carbocycles. The van der Waals surface area contributed by atoms with E-state index in [1.165, 1.54) is 19.1 Å². The molecule has 0 saturated carbocycles. The number of rotatable bonds is 15. The molecule has 0 fully saturated rings. The Balaban J connectivity index is 1.91. The Hall–Kier alpha value is -3.43. The van der Waals surface area contributed by atoms with Gasteiger partial charge in [0.2, 0.25) is 17.6 Å². The van der Waals surface area contributed by atoms with Crippen molar-refractivity contribution < 1.29 is 46.5 Å². The van der Waals surface area contributed by atoms with E-state index in [0.717, 1.165) is 24.9 Å². The van der Waals surface area contributed by atoms with Crippen LogP contribution in [0.25, 0.3) is 11.2 Å². The van der Waals surface area contributed by atoms with Gasteiger partial charge in [0.1, 0.15) is 18.4 Å². The Morgan fingerprint density at radius 2 is 1.88 bits per heavy atom. The molecule has 17 heteroatoms. The van der Waals surface area contributed by atoms with E-state index in [-0.39, 0.29) is 35.3 Å². The first-order valence-electron chi connectivity index (χ1n) is 12.9. The first kappa shape index (κ1) is 33.1. The molecule has 0 spiro atoms. The van der Waals surface area contributed by atoms with E-state index in [1.807, 2.05) is 0 Å². The Labute approximate surface area is 241 Å². The van der Waals surface area contributed by atoms with Crippen LogP contribution in [-0.2, 0) is 29.1 Å². The van der Waals surface area contributed by atoms with Crippen molar-refractivity contribution in [2.45, 2.75) is 64.5 Å². The molecule has 4 N–H and O–H groups in total. The van der Waals surface area contributed by atoms with Gasteiger partial charge in [0.25, 0.3) is 5.85 Å². The monoisotopic (exact) mass is 616 g/mol. The van der Waals surface area contributed by atoms with Gasteiger partial charge in [-0.05, 0) is 46.8 Å². The highest BCUT2D eigenvalue weighted by atomic mass is 31.2. The number of hydrogen-bond acceptors (Lipinski definition) is 12. The number of carbonyl (C=O) groups excluding carboxylic acids is 1. The molecule has 3 rings (SSSR count). The molecule has 1 aromatic carbocycles. The van der Waals surface area contributed by atoms with Crippen molar-refractivity contribution >= 4 is 30.8 Å². The second-order valence-electron chi connectivity index (χ2n) is 9.54. The Morgan fingerprint density at radius 1 is 1.21 bits per heavy atom. The van der Waals surface area contributed by atoms with Crippen LogP contribution in [0.3, 0.4) is 0 Å². The lowest BCUT2D eigenvalue weighted by Crippen LogP contribution is -2.55. The predicted molar refractivity (Wildman–Crippen MR) is 147 cm³/mol. The van der Waals surface area contributed by atoms with Crippen LogP contribution in [0.4, 0.5) is 14.7 Å². The van der Waals surface area contributed by atoms with Crippen molar-refractivity contribution in [1.82, 2.24) is 24.6 Å². The van der Waals surface area contributed by atoms with E-state index in [1.54, 1.807) is 39.0 Å². The van der Waals surface area contributed by atoms with Crippen molar-refractivity contribution in [2.75, 3.05) is 26.1 Å². The normalized spacial score (nSPS) is 17.6. The molecule has 0 aliphatic heterocycles. The van der Waals surface area contributed by atoms with Gasteiger partial charge in [0.05, 0.1) is 19.0 Å². The van der Waals surface area contributed by atoms with Crippen LogP contribution >= 0.6 is 7.75 Å². The number of benzene rings is 1. The molecule has 2 aromatic heterocycles. The van der Waals surface area contributed by atoms with Gasteiger partial charge in [0.15, 0.2) is 17.3 Å². The molecule has 0 amide bonds. The minimum atomic E-state index is -4.59. The zero-order valence-corrected chi connectivity index (χ0v) is 24.9. The van der Waals surface area contributed by atoms with Gasteiger partial charge in [-0.15, -0.1) is 0 Å². The van der Waals surface area contributed by atoms with Gasteiger partial charge in [-0.3, -0.25) is 13.9 Å². The highest BCUT2D eigenvalue weighted by Crippen LogP contribution is 2.47. The van der Waals surface area contributed by atoms with Crippen molar-refractivity contribution in [3.63, 3.8) is 0 Å². The van der Waals surface area contributed by atoms with Gasteiger partial charge < -0.3 is 29.6 Å². The molecule has 42 heavy (non-hydrogen) atoms. The van der Waals surface area contributed by atoms with Gasteiger partial charge in [-0.25, -0.2) is 18.3 Å². The van der Waals surface area contributed by atoms with Crippen LogP contribution < -0.4 is 20.1 Å². The van der Waals surface area contributed by atoms with E-state index in [4.69, 9.17) is 29.0 Å². The number of fused-ring (bicyclic) bond motifs is 1. The molecule has 0 saturated heterocycles. The molecular weight excluding hydrogens is 581 g/mol. The third-order valence-corrected chi connectivity index (χ3v) is 7.46. The number of anilines is 1. The third kappa shape index (κ3) is 7.50. The number of halogens is 2. The van der Waals surface area contributed by atoms with Crippen LogP contribution in [0, 0.1) is 0 Å². The summed E-state index contributed by atoms with van der Waals surface area (Å²) in [5, 5.41) is 13.4. The topological polar surface area (TPSA) is 182 Å². The summed E-state index contributed by atoms with van der Waals surface area (Å²) in [6.07, 6.45) is -2.16. The number of nitrogens with zero attached hydrogens (tertiary/aromatic N) is 4. The van der Waals surface area contributed by atoms with E-state index < -0.39 is 50.2 Å². The first-order valence-corrected chi connectivity index (χ1v) is 14.4. The maximum Gasteiger partial charge on any atom is 0.459 e. The quantitative estimate of drug-likeness (QED) is 0.167. The summed E-state index contributed by atoms with van der Waals surface area (Å²) in [5.74, 6) is -7.40. The number of para-hydroxylation sites is 1. The maximum absolute atomic E-state index is 16.3. The van der Waals surface area contributed by atoms with Crippen LogP contribution in [0.1, 0.15) is 34.6 Å². The molecular formula is C25H35F2N6O8P. The van der Waals surface area contributed by atoms with E-state index >= 15 is 8.78 Å². The lowest BCUT2D eigenvalue weighted by atomic mass is 10.0. The van der Waals surface area contributed by atoms with Crippen molar-refractivity contribution in [1.29, 1.82) is 0 Å². The Bertz CT molecular complexity index is 1410. The number of carbonyl (C=O) groups is 1. The summed E-state index contributed by atoms with van der Waals surface area (Å²) < 4.78 is 73.0.